The number of hydrogen-bond acceptors (Lipinski definition) is 7. The number of pyridine rings is 1. The predicted molar refractivity (Wildman–Crippen MR) is 147 cm³/mol. The van der Waals surface area contributed by atoms with Gasteiger partial charge < -0.3 is 9.47 Å². The fourth-order valence-electron chi connectivity index (χ4n) is 5.06. The lowest BCUT2D eigenvalue weighted by molar-refractivity contribution is -0.133. The summed E-state index contributed by atoms with van der Waals surface area (Å²) in [6.07, 6.45) is 3.88. The minimum atomic E-state index is -0.0255. The number of carbonyl (C=O) groups is 1. The van der Waals surface area contributed by atoms with E-state index in [1.807, 2.05) is 39.6 Å². The van der Waals surface area contributed by atoms with E-state index in [0.717, 1.165) is 90.0 Å². The number of benzene rings is 1. The van der Waals surface area contributed by atoms with Gasteiger partial charge in [0, 0.05) is 63.0 Å². The lowest BCUT2D eigenvalue weighted by Gasteiger charge is -2.35. The van der Waals surface area contributed by atoms with E-state index in [4.69, 9.17) is 4.98 Å². The molecule has 9 heteroatoms. The van der Waals surface area contributed by atoms with Gasteiger partial charge in [-0.1, -0.05) is 49.8 Å². The van der Waals surface area contributed by atoms with Crippen LogP contribution in [0.3, 0.4) is 0 Å². The number of hydrogen-bond donors (Lipinski definition) is 1. The van der Waals surface area contributed by atoms with Gasteiger partial charge >= 0.3 is 0 Å². The van der Waals surface area contributed by atoms with Gasteiger partial charge in [0.1, 0.15) is 0 Å². The van der Waals surface area contributed by atoms with Crippen LogP contribution in [0.25, 0.3) is 15.9 Å². The molecule has 3 aromatic rings. The van der Waals surface area contributed by atoms with Crippen molar-refractivity contribution in [1.29, 1.82) is 0 Å². The Morgan fingerprint density at radius 3 is 2.67 bits per heavy atom. The summed E-state index contributed by atoms with van der Waals surface area (Å²) in [5.41, 5.74) is 7.68. The molecule has 0 radical (unpaired) electrons. The molecule has 2 aromatic heterocycles. The molecular formula is C27H34N6O2S. The van der Waals surface area contributed by atoms with Crippen molar-refractivity contribution in [2.75, 3.05) is 43.2 Å². The molecule has 8 nitrogen and oxygen atoms in total. The maximum Gasteiger partial charge on any atom is 0.252 e. The fraction of sp³-hybridized carbons (Fsp3) is 0.444. The van der Waals surface area contributed by atoms with Crippen LogP contribution in [0.2, 0.25) is 0 Å². The standard InChI is InChI=1S/C27H34N6O2S/c1-4-5-6-11-24(34)31-15-12-30(13-16-31)14-17-32-19(2)26-20(3)33(29-22(26)18-25(32)35)27-28-21-9-7-8-10-23(21)36-27/h7-10,18,29H,3-6,11-17H2,1-2H3. The van der Waals surface area contributed by atoms with Crippen molar-refractivity contribution >= 4 is 44.0 Å². The molecule has 2 aliphatic rings. The summed E-state index contributed by atoms with van der Waals surface area (Å²) in [7, 11) is 0. The number of fused-ring (bicyclic) bond motifs is 2. The van der Waals surface area contributed by atoms with E-state index in [1.54, 1.807) is 17.4 Å². The molecule has 1 N–H and O–H groups in total. The van der Waals surface area contributed by atoms with Gasteiger partial charge in [0.25, 0.3) is 5.56 Å². The zero-order valence-corrected chi connectivity index (χ0v) is 21.9. The molecule has 190 valence electrons. The number of amides is 1. The highest BCUT2D eigenvalue weighted by Gasteiger charge is 2.29. The highest BCUT2D eigenvalue weighted by Crippen LogP contribution is 2.40. The van der Waals surface area contributed by atoms with Crippen LogP contribution in [0.1, 0.15) is 43.9 Å². The normalized spacial score (nSPS) is 16.0. The smallest absolute Gasteiger partial charge is 0.252 e. The van der Waals surface area contributed by atoms with E-state index in [1.165, 1.54) is 0 Å². The molecule has 2 aliphatic heterocycles. The average molecular weight is 507 g/mol. The van der Waals surface area contributed by atoms with Crippen molar-refractivity contribution in [2.24, 2.45) is 0 Å². The summed E-state index contributed by atoms with van der Waals surface area (Å²) in [5.74, 6) is 0.275. The zero-order valence-electron chi connectivity index (χ0n) is 21.1. The lowest BCUT2D eigenvalue weighted by atomic mass is 10.1. The summed E-state index contributed by atoms with van der Waals surface area (Å²) in [4.78, 5) is 34.5. The molecule has 0 unspecified atom stereocenters. The number of nitrogens with one attached hydrogen (secondary N) is 1. The summed E-state index contributed by atoms with van der Waals surface area (Å²) >= 11 is 1.59. The van der Waals surface area contributed by atoms with Gasteiger partial charge in [-0.3, -0.25) is 19.9 Å². The number of unbranched alkanes of at least 4 members (excludes halogenated alkanes) is 2. The molecule has 4 heterocycles. The Kier molecular flexibility index (Phi) is 7.11. The van der Waals surface area contributed by atoms with Gasteiger partial charge in [-0.2, -0.15) is 0 Å². The topological polar surface area (TPSA) is 73.7 Å². The molecule has 1 amide bonds. The Bertz CT molecular complexity index is 1300. The number of piperazine rings is 1. The minimum Gasteiger partial charge on any atom is -0.340 e. The fourth-order valence-corrected chi connectivity index (χ4v) is 6.02. The number of nitrogens with zero attached hydrogens (tertiary/aromatic N) is 5. The first-order valence-corrected chi connectivity index (χ1v) is 13.6. The van der Waals surface area contributed by atoms with E-state index in [9.17, 15) is 9.59 Å². The minimum absolute atomic E-state index is 0.0255. The monoisotopic (exact) mass is 506 g/mol. The molecule has 0 atom stereocenters. The van der Waals surface area contributed by atoms with E-state index in [2.05, 4.69) is 29.9 Å². The highest BCUT2D eigenvalue weighted by atomic mass is 32.1. The predicted octanol–water partition coefficient (Wildman–Crippen LogP) is 4.31. The third-order valence-electron chi connectivity index (χ3n) is 7.19. The number of carbonyl (C=O) groups excluding carboxylic acids is 1. The first-order chi connectivity index (χ1) is 17.5. The van der Waals surface area contributed by atoms with Crippen LogP contribution in [0.4, 0.5) is 10.8 Å². The molecule has 0 aliphatic carbocycles. The Labute approximate surface area is 215 Å². The van der Waals surface area contributed by atoms with Crippen molar-refractivity contribution < 1.29 is 4.79 Å². The van der Waals surface area contributed by atoms with Crippen LogP contribution in [-0.4, -0.2) is 58.0 Å². The Balaban J connectivity index is 1.23. The summed E-state index contributed by atoms with van der Waals surface area (Å²) in [6, 6.07) is 9.70. The van der Waals surface area contributed by atoms with Crippen LogP contribution in [0.15, 0.2) is 41.7 Å². The number of hydrazine groups is 1. The SMILES string of the molecule is C=C1c2c(cc(=O)n(CCN3CCN(C(=O)CCCCC)CC3)c2C)NN1c1nc2ccccc2s1. The first-order valence-electron chi connectivity index (χ1n) is 12.8. The maximum absolute atomic E-state index is 13.0. The Hall–Kier alpha value is -3.17. The Morgan fingerprint density at radius 1 is 1.14 bits per heavy atom. The Morgan fingerprint density at radius 2 is 1.92 bits per heavy atom. The molecule has 1 saturated heterocycles. The van der Waals surface area contributed by atoms with Crippen molar-refractivity contribution in [1.82, 2.24) is 19.4 Å². The van der Waals surface area contributed by atoms with Gasteiger partial charge in [-0.05, 0) is 25.5 Å². The van der Waals surface area contributed by atoms with Crippen LogP contribution in [0.5, 0.6) is 0 Å². The van der Waals surface area contributed by atoms with Crippen LogP contribution >= 0.6 is 11.3 Å². The van der Waals surface area contributed by atoms with Gasteiger partial charge in [-0.15, -0.1) is 0 Å². The average Bonchev–Trinajstić information content (AvgIpc) is 3.45. The van der Waals surface area contributed by atoms with E-state index in [-0.39, 0.29) is 11.5 Å². The van der Waals surface area contributed by atoms with Gasteiger partial charge in [0.05, 0.1) is 21.6 Å². The second-order valence-corrected chi connectivity index (χ2v) is 10.6. The van der Waals surface area contributed by atoms with Crippen LogP contribution < -0.4 is 16.0 Å². The van der Waals surface area contributed by atoms with Gasteiger partial charge in [0.2, 0.25) is 11.0 Å². The van der Waals surface area contributed by atoms with Crippen molar-refractivity contribution in [3.05, 3.63) is 58.5 Å². The number of aromatic nitrogens is 2. The highest BCUT2D eigenvalue weighted by molar-refractivity contribution is 7.22. The molecule has 0 spiro atoms. The van der Waals surface area contributed by atoms with Gasteiger partial charge in [0.15, 0.2) is 0 Å². The number of para-hydroxylation sites is 1. The largest absolute Gasteiger partial charge is 0.340 e. The number of anilines is 2. The molecule has 1 aromatic carbocycles. The second-order valence-electron chi connectivity index (χ2n) is 9.55. The molecule has 0 bridgehead atoms. The lowest BCUT2D eigenvalue weighted by Crippen LogP contribution is -2.49. The summed E-state index contributed by atoms with van der Waals surface area (Å²) < 4.78 is 2.95. The van der Waals surface area contributed by atoms with Crippen LogP contribution in [-0.2, 0) is 11.3 Å². The second kappa shape index (κ2) is 10.4. The molecular weight excluding hydrogens is 472 g/mol. The van der Waals surface area contributed by atoms with Crippen molar-refractivity contribution in [2.45, 2.75) is 46.1 Å². The van der Waals surface area contributed by atoms with E-state index >= 15 is 0 Å². The summed E-state index contributed by atoms with van der Waals surface area (Å²) in [5, 5.41) is 2.68. The number of rotatable bonds is 8. The molecule has 36 heavy (non-hydrogen) atoms. The zero-order chi connectivity index (χ0) is 25.2. The summed E-state index contributed by atoms with van der Waals surface area (Å²) in [6.45, 7) is 13.1. The maximum atomic E-state index is 13.0. The quantitative estimate of drug-likeness (QED) is 0.459. The van der Waals surface area contributed by atoms with Crippen molar-refractivity contribution in [3.8, 4) is 0 Å². The van der Waals surface area contributed by atoms with E-state index in [0.29, 0.717) is 13.0 Å². The van der Waals surface area contributed by atoms with Gasteiger partial charge in [-0.25, -0.2) is 9.99 Å². The number of thiazole rings is 1. The van der Waals surface area contributed by atoms with Crippen LogP contribution in [0, 0.1) is 6.92 Å². The molecule has 5 rings (SSSR count). The molecule has 1 fully saturated rings. The third kappa shape index (κ3) is 4.77. The first kappa shape index (κ1) is 24.5. The van der Waals surface area contributed by atoms with Crippen molar-refractivity contribution in [3.63, 3.8) is 0 Å². The molecule has 0 saturated carbocycles. The van der Waals surface area contributed by atoms with E-state index < -0.39 is 0 Å². The third-order valence-corrected chi connectivity index (χ3v) is 8.22.